The van der Waals surface area contributed by atoms with E-state index in [9.17, 15) is 18.3 Å². The number of pyridine rings is 1. The number of hydrogen-bond donors (Lipinski definition) is 2. The number of thiazole rings is 1. The third-order valence-corrected chi connectivity index (χ3v) is 9.65. The van der Waals surface area contributed by atoms with Crippen molar-refractivity contribution in [3.63, 3.8) is 0 Å². The lowest BCUT2D eigenvalue weighted by Gasteiger charge is -2.30. The van der Waals surface area contributed by atoms with E-state index in [4.69, 9.17) is 4.74 Å². The third-order valence-electron chi connectivity index (χ3n) is 6.76. The Morgan fingerprint density at radius 1 is 1.10 bits per heavy atom. The normalized spacial score (nSPS) is 17.2. The maximum Gasteiger partial charge on any atom is 0.265 e. The Morgan fingerprint density at radius 3 is 2.56 bits per heavy atom. The Balaban J connectivity index is 1.34. The van der Waals surface area contributed by atoms with Gasteiger partial charge in [-0.1, -0.05) is 36.4 Å². The molecule has 2 aromatic heterocycles. The van der Waals surface area contributed by atoms with E-state index in [1.165, 1.54) is 20.8 Å². The van der Waals surface area contributed by atoms with Crippen LogP contribution in [-0.4, -0.2) is 40.8 Å². The molecule has 3 heterocycles. The van der Waals surface area contributed by atoms with Gasteiger partial charge >= 0.3 is 0 Å². The molecule has 5 rings (SSSR count). The van der Waals surface area contributed by atoms with Gasteiger partial charge in [0.2, 0.25) is 10.0 Å². The van der Waals surface area contributed by atoms with Gasteiger partial charge in [-0.05, 0) is 56.5 Å². The van der Waals surface area contributed by atoms with Crippen molar-refractivity contribution < 1.29 is 23.1 Å². The predicted molar refractivity (Wildman–Crippen MR) is 151 cm³/mol. The molecule has 202 valence electrons. The second-order valence-electron chi connectivity index (χ2n) is 10.5. The Morgan fingerprint density at radius 2 is 1.87 bits per heavy atom. The maximum atomic E-state index is 13.0. The number of nitrogens with one attached hydrogen (secondary N) is 1. The van der Waals surface area contributed by atoms with Crippen LogP contribution in [0.5, 0.6) is 5.75 Å². The molecule has 1 amide bonds. The minimum absolute atomic E-state index is 0.175. The van der Waals surface area contributed by atoms with Crippen molar-refractivity contribution in [2.75, 3.05) is 6.61 Å². The first-order chi connectivity index (χ1) is 18.5. The Bertz CT molecular complexity index is 1590. The van der Waals surface area contributed by atoms with Crippen LogP contribution in [0, 0.1) is 5.92 Å². The van der Waals surface area contributed by atoms with Crippen LogP contribution in [0.25, 0.3) is 21.6 Å². The van der Waals surface area contributed by atoms with E-state index in [2.05, 4.69) is 14.7 Å². The van der Waals surface area contributed by atoms with Crippen molar-refractivity contribution in [3.05, 3.63) is 89.3 Å². The summed E-state index contributed by atoms with van der Waals surface area (Å²) in [5.41, 5.74) is 5.78. The number of amides is 1. The number of nitrogens with zero attached hydrogens (tertiary/aromatic N) is 2. The van der Waals surface area contributed by atoms with Crippen molar-refractivity contribution in [2.45, 2.75) is 38.0 Å². The van der Waals surface area contributed by atoms with Crippen molar-refractivity contribution in [1.29, 1.82) is 0 Å². The van der Waals surface area contributed by atoms with Crippen LogP contribution in [0.15, 0.2) is 72.5 Å². The van der Waals surface area contributed by atoms with E-state index < -0.39 is 26.8 Å². The zero-order valence-electron chi connectivity index (χ0n) is 21.8. The smallest absolute Gasteiger partial charge is 0.265 e. The number of carbonyl (C=O) groups is 1. The van der Waals surface area contributed by atoms with Gasteiger partial charge in [0.15, 0.2) is 0 Å². The van der Waals surface area contributed by atoms with Crippen molar-refractivity contribution in [1.82, 2.24) is 14.7 Å². The van der Waals surface area contributed by atoms with Crippen LogP contribution in [0.4, 0.5) is 0 Å². The van der Waals surface area contributed by atoms with Gasteiger partial charge in [-0.15, -0.1) is 11.3 Å². The van der Waals surface area contributed by atoms with Crippen molar-refractivity contribution >= 4 is 27.3 Å². The fourth-order valence-electron chi connectivity index (χ4n) is 4.36. The number of aliphatic hydroxyl groups is 1. The van der Waals surface area contributed by atoms with Gasteiger partial charge < -0.3 is 9.84 Å². The lowest BCUT2D eigenvalue weighted by Crippen LogP contribution is -2.42. The summed E-state index contributed by atoms with van der Waals surface area (Å²) >= 11 is 1.56. The van der Waals surface area contributed by atoms with Crippen molar-refractivity contribution in [2.24, 2.45) is 5.92 Å². The second kappa shape index (κ2) is 10.5. The summed E-state index contributed by atoms with van der Waals surface area (Å²) in [6.45, 7) is 4.90. The number of ether oxygens (including phenoxy) is 1. The second-order valence-corrected chi connectivity index (χ2v) is 13.8. The largest absolute Gasteiger partial charge is 0.493 e. The molecule has 4 aromatic rings. The molecule has 10 heteroatoms. The number of benzene rings is 2. The molecular weight excluding hydrogens is 534 g/mol. The molecule has 2 aromatic carbocycles. The summed E-state index contributed by atoms with van der Waals surface area (Å²) in [5.74, 6) is -0.346. The standard InChI is InChI=1S/C29H29N3O5S2/c1-29(2,3)39(35,36)32-28(34)23-7-5-4-6-22(23)18-9-11-24-25(13-18)37-16-20(27(24)33)12-21-10-8-19(14-31-21)26-15-30-17-38-26/h4-11,13-15,17,20,27,33H,12,16H2,1-3H3,(H,32,34)/t20-,27+/m1/s1. The molecule has 0 radical (unpaired) electrons. The molecule has 1 aliphatic rings. The Labute approximate surface area is 231 Å². The molecule has 2 N–H and O–H groups in total. The molecule has 0 spiro atoms. The predicted octanol–water partition coefficient (Wildman–Crippen LogP) is 5.01. The minimum atomic E-state index is -3.88. The van der Waals surface area contributed by atoms with Gasteiger partial charge in [0, 0.05) is 40.7 Å². The Kier molecular flexibility index (Phi) is 7.28. The number of aliphatic hydroxyl groups excluding tert-OH is 1. The van der Waals surface area contributed by atoms with Gasteiger partial charge in [-0.2, -0.15) is 0 Å². The quantitative estimate of drug-likeness (QED) is 0.338. The number of rotatable bonds is 6. The molecule has 0 bridgehead atoms. The SMILES string of the molecule is CC(C)(C)S(=O)(=O)NC(=O)c1ccccc1-c1ccc2c(c1)OC[C@@H](Cc1ccc(-c3cncs3)cn1)[C@@H]2O. The van der Waals surface area contributed by atoms with Crippen LogP contribution in [-0.2, 0) is 16.4 Å². The summed E-state index contributed by atoms with van der Waals surface area (Å²) in [7, 11) is -3.88. The molecule has 0 saturated carbocycles. The molecule has 0 saturated heterocycles. The molecule has 0 fully saturated rings. The van der Waals surface area contributed by atoms with Crippen LogP contribution in [0.2, 0.25) is 0 Å². The maximum absolute atomic E-state index is 13.0. The molecule has 0 aliphatic carbocycles. The molecule has 39 heavy (non-hydrogen) atoms. The van der Waals surface area contributed by atoms with E-state index in [1.54, 1.807) is 59.3 Å². The minimum Gasteiger partial charge on any atom is -0.493 e. The number of aromatic nitrogens is 2. The van der Waals surface area contributed by atoms with E-state index >= 15 is 0 Å². The highest BCUT2D eigenvalue weighted by molar-refractivity contribution is 7.91. The fourth-order valence-corrected chi connectivity index (χ4v) is 5.64. The van der Waals surface area contributed by atoms with E-state index in [0.29, 0.717) is 35.5 Å². The molecule has 2 atom stereocenters. The highest BCUT2D eigenvalue weighted by Crippen LogP contribution is 2.40. The zero-order valence-corrected chi connectivity index (χ0v) is 23.4. The fraction of sp³-hybridized carbons (Fsp3) is 0.276. The van der Waals surface area contributed by atoms with Crippen LogP contribution in [0.1, 0.15) is 48.5 Å². The lowest BCUT2D eigenvalue weighted by molar-refractivity contribution is 0.0503. The topological polar surface area (TPSA) is 118 Å². The number of hydrogen-bond acceptors (Lipinski definition) is 8. The lowest BCUT2D eigenvalue weighted by atomic mass is 9.88. The first-order valence-electron chi connectivity index (χ1n) is 12.5. The van der Waals surface area contributed by atoms with Crippen LogP contribution in [0.3, 0.4) is 0 Å². The number of carbonyl (C=O) groups excluding carboxylic acids is 1. The van der Waals surface area contributed by atoms with Gasteiger partial charge in [0.05, 0.1) is 27.8 Å². The van der Waals surface area contributed by atoms with E-state index in [1.807, 2.05) is 24.5 Å². The van der Waals surface area contributed by atoms with E-state index in [-0.39, 0.29) is 11.5 Å². The van der Waals surface area contributed by atoms with Gasteiger partial charge in [0.1, 0.15) is 5.75 Å². The zero-order chi connectivity index (χ0) is 27.8. The number of sulfonamides is 1. The molecule has 8 nitrogen and oxygen atoms in total. The van der Waals surface area contributed by atoms with Gasteiger partial charge in [-0.25, -0.2) is 13.1 Å². The summed E-state index contributed by atoms with van der Waals surface area (Å²) in [4.78, 5) is 22.7. The van der Waals surface area contributed by atoms with E-state index in [0.717, 1.165) is 16.1 Å². The molecule has 1 aliphatic heterocycles. The first-order valence-corrected chi connectivity index (χ1v) is 14.8. The molecular formula is C29H29N3O5S2. The highest BCUT2D eigenvalue weighted by atomic mass is 32.2. The van der Waals surface area contributed by atoms with Crippen LogP contribution < -0.4 is 9.46 Å². The highest BCUT2D eigenvalue weighted by Gasteiger charge is 2.32. The summed E-state index contributed by atoms with van der Waals surface area (Å²) in [6, 6.07) is 16.1. The van der Waals surface area contributed by atoms with Gasteiger partial charge in [0.25, 0.3) is 5.91 Å². The summed E-state index contributed by atoms with van der Waals surface area (Å²) in [6.07, 6.45) is 3.43. The van der Waals surface area contributed by atoms with Crippen molar-refractivity contribution in [3.8, 4) is 27.3 Å². The first kappa shape index (κ1) is 27.0. The average molecular weight is 564 g/mol. The summed E-state index contributed by atoms with van der Waals surface area (Å²) < 4.78 is 32.2. The van der Waals surface area contributed by atoms with Crippen LogP contribution >= 0.6 is 11.3 Å². The number of fused-ring (bicyclic) bond motifs is 1. The summed E-state index contributed by atoms with van der Waals surface area (Å²) in [5, 5.41) is 11.2. The molecule has 0 unspecified atom stereocenters. The van der Waals surface area contributed by atoms with Gasteiger partial charge in [-0.3, -0.25) is 14.8 Å². The third kappa shape index (κ3) is 5.59. The average Bonchev–Trinajstić information content (AvgIpc) is 3.45. The monoisotopic (exact) mass is 563 g/mol. The Hall–Kier alpha value is -3.60.